The minimum absolute atomic E-state index is 0.328. The van der Waals surface area contributed by atoms with E-state index in [1.54, 1.807) is 0 Å². The van der Waals surface area contributed by atoms with Crippen LogP contribution < -0.4 is 10.1 Å². The zero-order valence-electron chi connectivity index (χ0n) is 11.8. The minimum atomic E-state index is 0.328. The molecule has 0 aliphatic heterocycles. The topological polar surface area (TPSA) is 21.3 Å². The van der Waals surface area contributed by atoms with E-state index in [0.717, 1.165) is 25.1 Å². The maximum Gasteiger partial charge on any atom is 0.125 e. The molecule has 0 bridgehead atoms. The number of nitrogens with one attached hydrogen (secondary N) is 1. The molecule has 0 spiro atoms. The fraction of sp³-hybridized carbons (Fsp3) is 0.500. The lowest BCUT2D eigenvalue weighted by Gasteiger charge is -2.28. The summed E-state index contributed by atoms with van der Waals surface area (Å²) in [4.78, 5) is 0. The first kappa shape index (κ1) is 15.7. The van der Waals surface area contributed by atoms with Crippen molar-refractivity contribution in [2.75, 3.05) is 13.2 Å². The van der Waals surface area contributed by atoms with Crippen LogP contribution in [0, 0.1) is 0 Å². The number of rotatable bonds is 6. The van der Waals surface area contributed by atoms with Gasteiger partial charge in [-0.1, -0.05) is 42.3 Å². The quantitative estimate of drug-likeness (QED) is 0.817. The first-order valence-electron chi connectivity index (χ1n) is 7.19. The smallest absolute Gasteiger partial charge is 0.125 e. The molecule has 0 amide bonds. The van der Waals surface area contributed by atoms with Gasteiger partial charge >= 0.3 is 0 Å². The van der Waals surface area contributed by atoms with Crippen LogP contribution in [0.1, 0.15) is 43.4 Å². The van der Waals surface area contributed by atoms with Crippen LogP contribution in [-0.4, -0.2) is 13.2 Å². The summed E-state index contributed by atoms with van der Waals surface area (Å²) in [5.41, 5.74) is 4.03. The van der Waals surface area contributed by atoms with Crippen molar-refractivity contribution in [3.63, 3.8) is 0 Å². The molecular formula is C16H21Cl2NO. The fourth-order valence-corrected chi connectivity index (χ4v) is 2.78. The average molecular weight is 314 g/mol. The van der Waals surface area contributed by atoms with E-state index in [-0.39, 0.29) is 0 Å². The van der Waals surface area contributed by atoms with E-state index < -0.39 is 0 Å². The van der Waals surface area contributed by atoms with E-state index >= 15 is 0 Å². The molecular weight excluding hydrogens is 293 g/mol. The molecule has 1 aromatic rings. The molecule has 1 aromatic carbocycles. The number of halogens is 2. The number of hydrogen-bond acceptors (Lipinski definition) is 2. The van der Waals surface area contributed by atoms with Crippen LogP contribution in [0.3, 0.4) is 0 Å². The summed E-state index contributed by atoms with van der Waals surface area (Å²) < 4.78 is 5.80. The molecule has 0 aromatic heterocycles. The lowest BCUT2D eigenvalue weighted by Crippen LogP contribution is -2.26. The highest BCUT2D eigenvalue weighted by Gasteiger charge is 2.22. The molecule has 4 heteroatoms. The van der Waals surface area contributed by atoms with E-state index in [0.29, 0.717) is 17.7 Å². The summed E-state index contributed by atoms with van der Waals surface area (Å²) in [7, 11) is 0. The number of fused-ring (bicyclic) bond motifs is 1. The minimum Gasteiger partial charge on any atom is -0.488 e. The molecule has 20 heavy (non-hydrogen) atoms. The predicted octanol–water partition coefficient (Wildman–Crippen LogP) is 4.76. The Bertz CT molecular complexity index is 474. The molecule has 1 aliphatic carbocycles. The Morgan fingerprint density at radius 1 is 1.50 bits per heavy atom. The highest BCUT2D eigenvalue weighted by atomic mass is 35.5. The fourth-order valence-electron chi connectivity index (χ4n) is 2.66. The van der Waals surface area contributed by atoms with Crippen LogP contribution in [-0.2, 0) is 6.42 Å². The normalized spacial score (nSPS) is 18.8. The van der Waals surface area contributed by atoms with Crippen LogP contribution in [0.5, 0.6) is 5.75 Å². The Morgan fingerprint density at radius 2 is 2.35 bits per heavy atom. The first-order valence-corrected chi connectivity index (χ1v) is 8.00. The van der Waals surface area contributed by atoms with Crippen molar-refractivity contribution in [1.29, 1.82) is 0 Å². The second-order valence-corrected chi connectivity index (χ2v) is 5.77. The summed E-state index contributed by atoms with van der Waals surface area (Å²) >= 11 is 11.4. The third-order valence-electron chi connectivity index (χ3n) is 3.59. The second-order valence-electron chi connectivity index (χ2n) is 5.07. The molecule has 110 valence electrons. The Labute approximate surface area is 131 Å². The maximum atomic E-state index is 5.89. The molecule has 0 saturated carbocycles. The van der Waals surface area contributed by atoms with Crippen molar-refractivity contribution in [2.24, 2.45) is 0 Å². The Morgan fingerprint density at radius 3 is 3.10 bits per heavy atom. The zero-order valence-corrected chi connectivity index (χ0v) is 13.3. The largest absolute Gasteiger partial charge is 0.488 e. The second kappa shape index (κ2) is 7.92. The van der Waals surface area contributed by atoms with Crippen LogP contribution >= 0.6 is 23.2 Å². The van der Waals surface area contributed by atoms with Gasteiger partial charge in [0.25, 0.3) is 0 Å². The Kier molecular flexibility index (Phi) is 6.21. The number of hydrogen-bond donors (Lipinski definition) is 1. The standard InChI is InChI=1S/C16H21Cl2NO/c1-2-9-19-15-7-3-6-14-13(15)5-4-8-16(14)20-11-12(18)10-17/h4-5,8,10,15,19H,2-3,6-7,9,11H2,1H3. The Balaban J connectivity index is 2.15. The van der Waals surface area contributed by atoms with Crippen molar-refractivity contribution in [2.45, 2.75) is 38.6 Å². The first-order chi connectivity index (χ1) is 9.76. The van der Waals surface area contributed by atoms with Crippen molar-refractivity contribution in [3.05, 3.63) is 39.9 Å². The highest BCUT2D eigenvalue weighted by Crippen LogP contribution is 2.35. The van der Waals surface area contributed by atoms with Gasteiger partial charge in [0.05, 0.1) is 5.03 Å². The van der Waals surface area contributed by atoms with Gasteiger partial charge in [-0.15, -0.1) is 0 Å². The van der Waals surface area contributed by atoms with Crippen LogP contribution in [0.25, 0.3) is 0 Å². The monoisotopic (exact) mass is 313 g/mol. The van der Waals surface area contributed by atoms with E-state index in [1.165, 1.54) is 29.5 Å². The number of benzene rings is 1. The van der Waals surface area contributed by atoms with Crippen molar-refractivity contribution in [3.8, 4) is 5.75 Å². The average Bonchev–Trinajstić information content (AvgIpc) is 2.50. The molecule has 2 nitrogen and oxygen atoms in total. The van der Waals surface area contributed by atoms with Gasteiger partial charge in [0, 0.05) is 11.6 Å². The lowest BCUT2D eigenvalue weighted by molar-refractivity contribution is 0.349. The van der Waals surface area contributed by atoms with Crippen molar-refractivity contribution < 1.29 is 4.74 Å². The molecule has 1 N–H and O–H groups in total. The van der Waals surface area contributed by atoms with Gasteiger partial charge in [-0.05, 0) is 49.4 Å². The third kappa shape index (κ3) is 3.91. The predicted molar refractivity (Wildman–Crippen MR) is 85.7 cm³/mol. The van der Waals surface area contributed by atoms with Gasteiger partial charge in [0.1, 0.15) is 12.4 Å². The SMILES string of the molecule is CCCNC1CCCc2c(OCC(Cl)=CCl)cccc21. The van der Waals surface area contributed by atoms with Gasteiger partial charge in [-0.2, -0.15) is 0 Å². The van der Waals surface area contributed by atoms with Gasteiger partial charge in [-0.25, -0.2) is 0 Å². The van der Waals surface area contributed by atoms with Crippen molar-refractivity contribution in [1.82, 2.24) is 5.32 Å². The van der Waals surface area contributed by atoms with Gasteiger partial charge < -0.3 is 10.1 Å². The highest BCUT2D eigenvalue weighted by molar-refractivity contribution is 6.36. The molecule has 0 radical (unpaired) electrons. The molecule has 0 heterocycles. The molecule has 1 aliphatic rings. The summed E-state index contributed by atoms with van der Waals surface area (Å²) in [5, 5.41) is 4.13. The third-order valence-corrected chi connectivity index (χ3v) is 4.18. The van der Waals surface area contributed by atoms with Crippen molar-refractivity contribution >= 4 is 23.2 Å². The Hall–Kier alpha value is -0.700. The van der Waals surface area contributed by atoms with Gasteiger partial charge in [0.15, 0.2) is 0 Å². The van der Waals surface area contributed by atoms with E-state index in [1.807, 2.05) is 6.07 Å². The molecule has 0 saturated heterocycles. The molecule has 1 atom stereocenters. The zero-order chi connectivity index (χ0) is 14.4. The maximum absolute atomic E-state index is 5.89. The van der Waals surface area contributed by atoms with E-state index in [9.17, 15) is 0 Å². The van der Waals surface area contributed by atoms with Gasteiger partial charge in [0.2, 0.25) is 0 Å². The van der Waals surface area contributed by atoms with Crippen LogP contribution in [0.15, 0.2) is 28.8 Å². The summed E-state index contributed by atoms with van der Waals surface area (Å²) in [6.45, 7) is 3.57. The summed E-state index contributed by atoms with van der Waals surface area (Å²) in [5.74, 6) is 0.933. The summed E-state index contributed by atoms with van der Waals surface area (Å²) in [6, 6.07) is 6.72. The summed E-state index contributed by atoms with van der Waals surface area (Å²) in [6.07, 6.45) is 4.60. The molecule has 0 fully saturated rings. The molecule has 1 unspecified atom stereocenters. The van der Waals surface area contributed by atoms with E-state index in [4.69, 9.17) is 27.9 Å². The van der Waals surface area contributed by atoms with Crippen LogP contribution in [0.2, 0.25) is 0 Å². The molecule has 2 rings (SSSR count). The van der Waals surface area contributed by atoms with E-state index in [2.05, 4.69) is 24.4 Å². The number of ether oxygens (including phenoxy) is 1. The van der Waals surface area contributed by atoms with Crippen LogP contribution in [0.4, 0.5) is 0 Å². The van der Waals surface area contributed by atoms with Gasteiger partial charge in [-0.3, -0.25) is 0 Å². The lowest BCUT2D eigenvalue weighted by atomic mass is 9.87.